The van der Waals surface area contributed by atoms with Crippen molar-refractivity contribution in [1.82, 2.24) is 19.9 Å². The second-order valence-electron chi connectivity index (χ2n) is 12.1. The van der Waals surface area contributed by atoms with E-state index in [1.807, 2.05) is 42.5 Å². The summed E-state index contributed by atoms with van der Waals surface area (Å²) in [5, 5.41) is 4.06. The maximum absolute atomic E-state index is 6.46. The number of hydrogen-bond acceptors (Lipinski definition) is 6. The Bertz CT molecular complexity index is 2720. The van der Waals surface area contributed by atoms with Crippen LogP contribution in [0.15, 0.2) is 136 Å². The zero-order chi connectivity index (χ0) is 31.6. The number of hydrogen-bond donors (Lipinski definition) is 0. The topological polar surface area (TPSA) is 77.8 Å². The van der Waals surface area contributed by atoms with E-state index < -0.39 is 0 Å². The van der Waals surface area contributed by atoms with Crippen LogP contribution in [0.1, 0.15) is 17.7 Å². The van der Waals surface area contributed by atoms with Gasteiger partial charge in [-0.1, -0.05) is 84.9 Å². The molecule has 1 aliphatic carbocycles. The number of fused-ring (bicyclic) bond motifs is 8. The van der Waals surface area contributed by atoms with Crippen molar-refractivity contribution in [2.75, 3.05) is 0 Å². The number of pyridine rings is 1. The third-order valence-electron chi connectivity index (χ3n) is 9.27. The lowest BCUT2D eigenvalue weighted by Gasteiger charge is -2.10. The van der Waals surface area contributed by atoms with Gasteiger partial charge in [0.1, 0.15) is 22.4 Å². The molecular weight excluding hydrogens is 592 g/mol. The van der Waals surface area contributed by atoms with Crippen LogP contribution in [0.25, 0.3) is 95.2 Å². The number of furan rings is 2. The van der Waals surface area contributed by atoms with Crippen molar-refractivity contribution in [2.24, 2.45) is 0 Å². The maximum atomic E-state index is 6.46. The Morgan fingerprint density at radius 3 is 2.25 bits per heavy atom. The zero-order valence-corrected chi connectivity index (χ0v) is 25.7. The molecule has 0 fully saturated rings. The maximum Gasteiger partial charge on any atom is 0.164 e. The van der Waals surface area contributed by atoms with Gasteiger partial charge in [-0.25, -0.2) is 15.0 Å². The van der Waals surface area contributed by atoms with Gasteiger partial charge in [-0.3, -0.25) is 4.98 Å². The minimum Gasteiger partial charge on any atom is -0.456 e. The molecule has 0 saturated carbocycles. The summed E-state index contributed by atoms with van der Waals surface area (Å²) in [6.07, 6.45) is 7.98. The molecule has 0 atom stereocenters. The van der Waals surface area contributed by atoms with Crippen LogP contribution in [-0.4, -0.2) is 19.9 Å². The van der Waals surface area contributed by atoms with E-state index in [2.05, 4.69) is 89.9 Å². The molecule has 6 heteroatoms. The van der Waals surface area contributed by atoms with Gasteiger partial charge in [0, 0.05) is 50.0 Å². The molecule has 9 aromatic rings. The normalized spacial score (nSPS) is 12.8. The van der Waals surface area contributed by atoms with Crippen LogP contribution < -0.4 is 0 Å². The molecule has 6 nitrogen and oxygen atoms in total. The fourth-order valence-corrected chi connectivity index (χ4v) is 6.92. The number of aryl methyl sites for hydroxylation is 1. The Hall–Kier alpha value is -6.40. The molecule has 4 aromatic heterocycles. The Labute approximate surface area is 275 Å². The van der Waals surface area contributed by atoms with Crippen molar-refractivity contribution in [3.8, 4) is 45.3 Å². The average Bonchev–Trinajstić information content (AvgIpc) is 3.73. The molecule has 48 heavy (non-hydrogen) atoms. The summed E-state index contributed by atoms with van der Waals surface area (Å²) in [5.74, 6) is 2.71. The van der Waals surface area contributed by atoms with Gasteiger partial charge in [-0.05, 0) is 66.4 Å². The molecule has 0 radical (unpaired) electrons. The summed E-state index contributed by atoms with van der Waals surface area (Å²) in [6.45, 7) is 0. The van der Waals surface area contributed by atoms with Crippen LogP contribution in [-0.2, 0) is 6.42 Å². The van der Waals surface area contributed by atoms with E-state index in [4.69, 9.17) is 23.8 Å². The molecule has 10 rings (SSSR count). The molecule has 0 saturated heterocycles. The van der Waals surface area contributed by atoms with Crippen molar-refractivity contribution >= 4 is 49.9 Å². The summed E-state index contributed by atoms with van der Waals surface area (Å²) in [6, 6.07) is 39.2. The molecule has 0 spiro atoms. The molecular formula is C42H26N4O2. The fourth-order valence-electron chi connectivity index (χ4n) is 6.92. The Morgan fingerprint density at radius 1 is 0.562 bits per heavy atom. The lowest BCUT2D eigenvalue weighted by atomic mass is 9.99. The highest BCUT2D eigenvalue weighted by molar-refractivity contribution is 6.17. The van der Waals surface area contributed by atoms with Crippen LogP contribution in [0, 0.1) is 0 Å². The number of nitrogens with zero attached hydrogens (tertiary/aromatic N) is 4. The van der Waals surface area contributed by atoms with E-state index in [0.29, 0.717) is 17.5 Å². The first-order valence-electron chi connectivity index (χ1n) is 16.1. The third kappa shape index (κ3) is 4.27. The molecule has 226 valence electrons. The summed E-state index contributed by atoms with van der Waals surface area (Å²) >= 11 is 0. The Kier molecular flexibility index (Phi) is 5.90. The first-order chi connectivity index (χ1) is 23.8. The first kappa shape index (κ1) is 26.8. The van der Waals surface area contributed by atoms with Crippen LogP contribution in [0.3, 0.4) is 0 Å². The van der Waals surface area contributed by atoms with Gasteiger partial charge in [0.2, 0.25) is 0 Å². The Morgan fingerprint density at radius 2 is 1.35 bits per heavy atom. The minimum atomic E-state index is 0.578. The number of rotatable bonds is 4. The second kappa shape index (κ2) is 10.6. The molecule has 0 amide bonds. The van der Waals surface area contributed by atoms with Crippen molar-refractivity contribution < 1.29 is 8.83 Å². The predicted molar refractivity (Wildman–Crippen MR) is 191 cm³/mol. The van der Waals surface area contributed by atoms with Gasteiger partial charge < -0.3 is 8.83 Å². The monoisotopic (exact) mass is 618 g/mol. The Balaban J connectivity index is 1.19. The van der Waals surface area contributed by atoms with Gasteiger partial charge >= 0.3 is 0 Å². The van der Waals surface area contributed by atoms with E-state index in [1.165, 1.54) is 5.56 Å². The summed E-state index contributed by atoms with van der Waals surface area (Å²) in [4.78, 5) is 20.0. The summed E-state index contributed by atoms with van der Waals surface area (Å²) < 4.78 is 12.6. The molecule has 0 unspecified atom stereocenters. The van der Waals surface area contributed by atoms with Crippen LogP contribution in [0.4, 0.5) is 0 Å². The van der Waals surface area contributed by atoms with Gasteiger partial charge in [0.15, 0.2) is 23.1 Å². The molecule has 0 N–H and O–H groups in total. The van der Waals surface area contributed by atoms with Crippen LogP contribution >= 0.6 is 0 Å². The number of aromatic nitrogens is 4. The highest BCUT2D eigenvalue weighted by Gasteiger charge is 2.21. The minimum absolute atomic E-state index is 0.578. The van der Waals surface area contributed by atoms with Gasteiger partial charge in [-0.15, -0.1) is 0 Å². The summed E-state index contributed by atoms with van der Waals surface area (Å²) in [7, 11) is 0. The van der Waals surface area contributed by atoms with E-state index in [1.54, 1.807) is 6.20 Å². The smallest absolute Gasteiger partial charge is 0.164 e. The molecule has 5 aromatic carbocycles. The first-order valence-corrected chi connectivity index (χ1v) is 16.1. The summed E-state index contributed by atoms with van der Waals surface area (Å²) in [5.41, 5.74) is 9.44. The molecule has 0 aliphatic heterocycles. The lowest BCUT2D eigenvalue weighted by Crippen LogP contribution is -2.00. The van der Waals surface area contributed by atoms with E-state index >= 15 is 0 Å². The fraction of sp³-hybridized carbons (Fsp3) is 0.0476. The zero-order valence-electron chi connectivity index (χ0n) is 25.7. The SMILES string of the molecule is C1=Cc2oc3ccc(-c4nc(-c5ccc(-c6ccccc6)cc5)nc(-c5cccc6oc7c(ccc8cccnc87)c56)n4)cc3c2CC1. The average molecular weight is 619 g/mol. The molecule has 0 bridgehead atoms. The molecule has 4 heterocycles. The lowest BCUT2D eigenvalue weighted by molar-refractivity contribution is 0.595. The molecule has 1 aliphatic rings. The van der Waals surface area contributed by atoms with E-state index in [0.717, 1.165) is 90.2 Å². The quantitative estimate of drug-likeness (QED) is 0.195. The van der Waals surface area contributed by atoms with Crippen LogP contribution in [0.2, 0.25) is 0 Å². The third-order valence-corrected chi connectivity index (χ3v) is 9.27. The van der Waals surface area contributed by atoms with Crippen LogP contribution in [0.5, 0.6) is 0 Å². The van der Waals surface area contributed by atoms with Gasteiger partial charge in [-0.2, -0.15) is 0 Å². The number of allylic oxidation sites excluding steroid dienone is 1. The van der Waals surface area contributed by atoms with Crippen molar-refractivity contribution in [3.63, 3.8) is 0 Å². The van der Waals surface area contributed by atoms with E-state index in [9.17, 15) is 0 Å². The van der Waals surface area contributed by atoms with E-state index in [-0.39, 0.29) is 0 Å². The highest BCUT2D eigenvalue weighted by atomic mass is 16.3. The van der Waals surface area contributed by atoms with Gasteiger partial charge in [0.25, 0.3) is 0 Å². The highest BCUT2D eigenvalue weighted by Crippen LogP contribution is 2.39. The standard InChI is InChI=1S/C42H26N4O2/c1-2-8-25(9-3-1)26-15-17-28(18-16-26)40-44-41(29-20-22-35-33(24-29)30-11-4-5-13-34(30)47-35)46-42(45-40)32-12-6-14-36-37(32)31-21-19-27-10-7-23-43-38(27)39(31)48-36/h1-3,5-10,12-24H,4,11H2. The number of benzene rings is 5. The second-order valence-corrected chi connectivity index (χ2v) is 12.1. The van der Waals surface area contributed by atoms with Crippen molar-refractivity contribution in [1.29, 1.82) is 0 Å². The van der Waals surface area contributed by atoms with Crippen molar-refractivity contribution in [2.45, 2.75) is 12.8 Å². The predicted octanol–water partition coefficient (Wildman–Crippen LogP) is 10.7. The van der Waals surface area contributed by atoms with Crippen molar-refractivity contribution in [3.05, 3.63) is 139 Å². The largest absolute Gasteiger partial charge is 0.456 e. The van der Waals surface area contributed by atoms with Gasteiger partial charge in [0.05, 0.1) is 0 Å².